The highest BCUT2D eigenvalue weighted by molar-refractivity contribution is 9.10. The van der Waals surface area contributed by atoms with Gasteiger partial charge in [0.1, 0.15) is 6.04 Å². The molecule has 3 N–H and O–H groups in total. The van der Waals surface area contributed by atoms with E-state index in [0.29, 0.717) is 16.9 Å². The molecule has 40 heavy (non-hydrogen) atoms. The molecular weight excluding hydrogens is 624 g/mol. The Morgan fingerprint density at radius 3 is 2.08 bits per heavy atom. The number of imide groups is 1. The molecule has 1 fully saturated rings. The van der Waals surface area contributed by atoms with E-state index in [1.807, 2.05) is 0 Å². The normalized spacial score (nSPS) is 16.0. The van der Waals surface area contributed by atoms with Crippen molar-refractivity contribution in [1.82, 2.24) is 4.31 Å². The van der Waals surface area contributed by atoms with Crippen molar-refractivity contribution >= 4 is 65.1 Å². The monoisotopic (exact) mass is 648 g/mol. The maximum atomic E-state index is 13.9. The van der Waals surface area contributed by atoms with Crippen LogP contribution < -0.4 is 15.4 Å². The summed E-state index contributed by atoms with van der Waals surface area (Å²) in [7, 11) is -8.21. The third kappa shape index (κ3) is 6.47. The molecule has 1 unspecified atom stereocenters. The number of sulfonamides is 2. The summed E-state index contributed by atoms with van der Waals surface area (Å²) >= 11 is 3.31. The van der Waals surface area contributed by atoms with Crippen LogP contribution in [0.2, 0.25) is 0 Å². The average molecular weight is 650 g/mol. The molecule has 3 amide bonds. The molecule has 0 saturated carbocycles. The van der Waals surface area contributed by atoms with E-state index in [1.54, 1.807) is 24.3 Å². The molecular formula is C26H25BrN4O7S2. The number of nitrogens with two attached hydrogens (primary N) is 1. The summed E-state index contributed by atoms with van der Waals surface area (Å²) in [6.07, 6.45) is -0.243. The lowest BCUT2D eigenvalue weighted by molar-refractivity contribution is -0.122. The Labute approximate surface area is 240 Å². The molecule has 1 heterocycles. The predicted molar refractivity (Wildman–Crippen MR) is 151 cm³/mol. The molecule has 14 heteroatoms. The summed E-state index contributed by atoms with van der Waals surface area (Å²) < 4.78 is 52.6. The number of anilines is 2. The molecule has 1 saturated heterocycles. The van der Waals surface area contributed by atoms with Crippen molar-refractivity contribution in [2.75, 3.05) is 16.8 Å². The molecule has 3 aromatic rings. The number of primary sulfonamides is 1. The van der Waals surface area contributed by atoms with E-state index in [-0.39, 0.29) is 35.1 Å². The Balaban J connectivity index is 1.67. The predicted octanol–water partition coefficient (Wildman–Crippen LogP) is 2.62. The van der Waals surface area contributed by atoms with Crippen LogP contribution in [0.25, 0.3) is 0 Å². The zero-order valence-corrected chi connectivity index (χ0v) is 24.4. The lowest BCUT2D eigenvalue weighted by Gasteiger charge is -2.27. The van der Waals surface area contributed by atoms with Gasteiger partial charge < -0.3 is 5.32 Å². The first-order valence-electron chi connectivity index (χ1n) is 11.9. The number of nitrogens with zero attached hydrogens (tertiary/aromatic N) is 2. The maximum Gasteiger partial charge on any atom is 0.252 e. The minimum atomic E-state index is -4.30. The zero-order chi connectivity index (χ0) is 29.2. The summed E-state index contributed by atoms with van der Waals surface area (Å²) in [5, 5.41) is 7.72. The van der Waals surface area contributed by atoms with E-state index in [2.05, 4.69) is 21.2 Å². The molecule has 1 aliphatic rings. The van der Waals surface area contributed by atoms with Gasteiger partial charge in [0, 0.05) is 23.6 Å². The second kappa shape index (κ2) is 11.6. The Bertz CT molecular complexity index is 1660. The zero-order valence-electron chi connectivity index (χ0n) is 21.2. The molecule has 4 rings (SSSR count). The number of carbonyl (C=O) groups excluding carboxylic acids is 3. The highest BCUT2D eigenvalue weighted by Gasteiger charge is 2.46. The van der Waals surface area contributed by atoms with Crippen molar-refractivity contribution in [2.45, 2.75) is 35.6 Å². The van der Waals surface area contributed by atoms with E-state index < -0.39 is 37.9 Å². The minimum Gasteiger partial charge on any atom is -0.326 e. The number of carbonyl (C=O) groups is 3. The van der Waals surface area contributed by atoms with Gasteiger partial charge in [-0.05, 0) is 72.6 Å². The van der Waals surface area contributed by atoms with Crippen molar-refractivity contribution in [3.8, 4) is 0 Å². The van der Waals surface area contributed by atoms with E-state index in [9.17, 15) is 31.2 Å². The van der Waals surface area contributed by atoms with Crippen molar-refractivity contribution in [2.24, 2.45) is 5.14 Å². The van der Waals surface area contributed by atoms with Crippen LogP contribution in [0.1, 0.15) is 18.9 Å². The highest BCUT2D eigenvalue weighted by Crippen LogP contribution is 2.30. The van der Waals surface area contributed by atoms with Crippen LogP contribution in [0.15, 0.2) is 87.1 Å². The number of halogens is 1. The maximum absolute atomic E-state index is 13.9. The fourth-order valence-corrected chi connectivity index (χ4v) is 6.64. The first-order valence-corrected chi connectivity index (χ1v) is 15.7. The quantitative estimate of drug-likeness (QED) is 0.337. The Morgan fingerprint density at radius 2 is 1.52 bits per heavy atom. The lowest BCUT2D eigenvalue weighted by Crippen LogP contribution is -2.46. The van der Waals surface area contributed by atoms with Gasteiger partial charge in [-0.25, -0.2) is 26.9 Å². The van der Waals surface area contributed by atoms with Gasteiger partial charge in [0.2, 0.25) is 31.9 Å². The van der Waals surface area contributed by atoms with Gasteiger partial charge in [-0.3, -0.25) is 14.4 Å². The molecule has 11 nitrogen and oxygen atoms in total. The van der Waals surface area contributed by atoms with Crippen LogP contribution in [-0.4, -0.2) is 51.4 Å². The van der Waals surface area contributed by atoms with E-state index >= 15 is 0 Å². The molecule has 1 aliphatic heterocycles. The SMILES string of the molecule is CC(=O)Nc1ccc(S(=O)(=O)N(CCc2ccc(S(N)(=O)=O)cc2)C2CC(=O)N(c3ccc(Br)cc3)C2=O)cc1. The van der Waals surface area contributed by atoms with E-state index in [1.165, 1.54) is 55.5 Å². The number of rotatable bonds is 9. The molecule has 0 aromatic heterocycles. The van der Waals surface area contributed by atoms with Gasteiger partial charge >= 0.3 is 0 Å². The Hall–Kier alpha value is -3.43. The molecule has 0 spiro atoms. The third-order valence-corrected chi connectivity index (χ3v) is 9.59. The van der Waals surface area contributed by atoms with Crippen molar-refractivity contribution < 1.29 is 31.2 Å². The first-order chi connectivity index (χ1) is 18.8. The van der Waals surface area contributed by atoms with Crippen molar-refractivity contribution in [3.05, 3.63) is 82.8 Å². The second-order valence-corrected chi connectivity index (χ2v) is 13.4. The van der Waals surface area contributed by atoms with Crippen LogP contribution in [0.4, 0.5) is 11.4 Å². The van der Waals surface area contributed by atoms with E-state index in [0.717, 1.165) is 13.7 Å². The average Bonchev–Trinajstić information content (AvgIpc) is 3.17. The molecule has 210 valence electrons. The van der Waals surface area contributed by atoms with Crippen LogP contribution in [0, 0.1) is 0 Å². The largest absolute Gasteiger partial charge is 0.326 e. The molecule has 0 aliphatic carbocycles. The number of amides is 3. The summed E-state index contributed by atoms with van der Waals surface area (Å²) in [5.41, 5.74) is 1.30. The van der Waals surface area contributed by atoms with Crippen molar-refractivity contribution in [3.63, 3.8) is 0 Å². The molecule has 0 radical (unpaired) electrons. The summed E-state index contributed by atoms with van der Waals surface area (Å²) in [6.45, 7) is 1.14. The Morgan fingerprint density at radius 1 is 0.950 bits per heavy atom. The standard InChI is InChI=1S/C26H25BrN4O7S2/c1-17(32)29-20-6-12-23(13-7-20)40(37,38)30(15-14-18-2-10-22(11-3-18)39(28,35)36)24-16-25(33)31(26(24)34)21-8-4-19(27)5-9-21/h2-13,24H,14-16H2,1H3,(H,29,32)(H2,28,35,36). The number of hydrogen-bond donors (Lipinski definition) is 2. The minimum absolute atomic E-state index is 0.0957. The fraction of sp³-hybridized carbons (Fsp3) is 0.192. The van der Waals surface area contributed by atoms with Crippen molar-refractivity contribution in [1.29, 1.82) is 0 Å². The summed E-state index contributed by atoms with van der Waals surface area (Å²) in [4.78, 5) is 38.6. The van der Waals surface area contributed by atoms with E-state index in [4.69, 9.17) is 5.14 Å². The summed E-state index contributed by atoms with van der Waals surface area (Å²) in [5.74, 6) is -1.56. The second-order valence-electron chi connectivity index (χ2n) is 9.02. The van der Waals surface area contributed by atoms with Crippen LogP contribution in [0.3, 0.4) is 0 Å². The number of benzene rings is 3. The highest BCUT2D eigenvalue weighted by atomic mass is 79.9. The number of nitrogens with one attached hydrogen (secondary N) is 1. The van der Waals surface area contributed by atoms with Gasteiger partial charge in [0.15, 0.2) is 0 Å². The first kappa shape index (κ1) is 29.6. The fourth-order valence-electron chi connectivity index (χ4n) is 4.28. The Kier molecular flexibility index (Phi) is 8.56. The number of hydrogen-bond acceptors (Lipinski definition) is 7. The van der Waals surface area contributed by atoms with Crippen LogP contribution in [0.5, 0.6) is 0 Å². The third-order valence-electron chi connectivity index (χ3n) is 6.21. The van der Waals surface area contributed by atoms with Gasteiger partial charge in [-0.1, -0.05) is 28.1 Å². The lowest BCUT2D eigenvalue weighted by atomic mass is 10.1. The smallest absolute Gasteiger partial charge is 0.252 e. The molecule has 0 bridgehead atoms. The van der Waals surface area contributed by atoms with Crippen LogP contribution >= 0.6 is 15.9 Å². The van der Waals surface area contributed by atoms with Gasteiger partial charge in [-0.15, -0.1) is 0 Å². The molecule has 1 atom stereocenters. The van der Waals surface area contributed by atoms with Gasteiger partial charge in [0.05, 0.1) is 21.9 Å². The van der Waals surface area contributed by atoms with Gasteiger partial charge in [0.25, 0.3) is 5.91 Å². The van der Waals surface area contributed by atoms with Gasteiger partial charge in [-0.2, -0.15) is 4.31 Å². The topological polar surface area (TPSA) is 164 Å². The molecule has 3 aromatic carbocycles. The van der Waals surface area contributed by atoms with Crippen LogP contribution in [-0.2, 0) is 40.9 Å². The summed E-state index contributed by atoms with van der Waals surface area (Å²) in [6, 6.07) is 16.3.